The fourth-order valence-corrected chi connectivity index (χ4v) is 6.18. The van der Waals surface area contributed by atoms with Crippen LogP contribution in [0.25, 0.3) is 0 Å². The van der Waals surface area contributed by atoms with Crippen molar-refractivity contribution in [2.75, 3.05) is 6.61 Å². The smallest absolute Gasteiger partial charge is 0.345 e. The monoisotopic (exact) mass is 383 g/mol. The summed E-state index contributed by atoms with van der Waals surface area (Å²) < 4.78 is 27.5. The van der Waals surface area contributed by atoms with Crippen molar-refractivity contribution >= 4 is 43.3 Å². The van der Waals surface area contributed by atoms with Crippen LogP contribution in [-0.4, -0.2) is 36.7 Å². The number of hydrogen-bond donors (Lipinski definition) is 3. The van der Waals surface area contributed by atoms with Crippen LogP contribution in [0.1, 0.15) is 35.4 Å². The Bertz CT molecular complexity index is 619. The van der Waals surface area contributed by atoms with E-state index in [2.05, 4.69) is 20.7 Å². The highest BCUT2D eigenvalue weighted by atomic mass is 79.9. The van der Waals surface area contributed by atoms with E-state index in [1.165, 1.54) is 0 Å². The number of sulfonamides is 1. The highest BCUT2D eigenvalue weighted by Gasteiger charge is 2.38. The number of rotatable bonds is 5. The van der Waals surface area contributed by atoms with Gasteiger partial charge in [-0.2, -0.15) is 0 Å². The molecule has 0 aromatic carbocycles. The Hall–Kier alpha value is -0.480. The van der Waals surface area contributed by atoms with Crippen LogP contribution in [0.5, 0.6) is 0 Å². The highest BCUT2D eigenvalue weighted by Crippen LogP contribution is 2.35. The molecule has 3 N–H and O–H groups in total. The fraction of sp³-hybridized carbons (Fsp3) is 0.545. The van der Waals surface area contributed by atoms with Gasteiger partial charge in [0.05, 0.1) is 15.9 Å². The number of carbonyl (C=O) groups is 1. The van der Waals surface area contributed by atoms with E-state index in [-0.39, 0.29) is 20.2 Å². The average Bonchev–Trinajstić information content (AvgIpc) is 2.96. The summed E-state index contributed by atoms with van der Waals surface area (Å²) in [6.07, 6.45) is 2.87. The molecule has 2 rings (SSSR count). The molecule has 112 valence electrons. The molecule has 1 aromatic heterocycles. The molecular formula is C11H14BrNO5S2. The molecule has 0 saturated heterocycles. The lowest BCUT2D eigenvalue weighted by atomic mass is 10.0. The van der Waals surface area contributed by atoms with E-state index in [0.29, 0.717) is 12.8 Å². The SMILES string of the molecule is O=C(O)c1cc(S(=O)(=O)NC2(CO)CCCC2)c(Br)s1. The van der Waals surface area contributed by atoms with Gasteiger partial charge in [-0.05, 0) is 34.8 Å². The molecule has 1 fully saturated rings. The number of aliphatic hydroxyl groups is 1. The summed E-state index contributed by atoms with van der Waals surface area (Å²) in [4.78, 5) is 10.7. The number of aromatic carboxylic acids is 1. The first-order chi connectivity index (χ1) is 9.30. The number of carboxylic acids is 1. The van der Waals surface area contributed by atoms with Crippen LogP contribution < -0.4 is 4.72 Å². The predicted octanol–water partition coefficient (Wildman–Crippen LogP) is 1.79. The summed E-state index contributed by atoms with van der Waals surface area (Å²) in [5.74, 6) is -1.17. The zero-order valence-corrected chi connectivity index (χ0v) is 13.6. The molecule has 0 unspecified atom stereocenters. The van der Waals surface area contributed by atoms with Gasteiger partial charge in [0, 0.05) is 0 Å². The molecular weight excluding hydrogens is 370 g/mol. The number of halogens is 1. The van der Waals surface area contributed by atoms with Gasteiger partial charge in [0.15, 0.2) is 0 Å². The molecule has 1 aromatic rings. The van der Waals surface area contributed by atoms with Crippen molar-refractivity contribution in [2.45, 2.75) is 36.1 Å². The first-order valence-electron chi connectivity index (χ1n) is 5.97. The van der Waals surface area contributed by atoms with E-state index >= 15 is 0 Å². The van der Waals surface area contributed by atoms with Gasteiger partial charge in [0.25, 0.3) is 0 Å². The number of thiophene rings is 1. The second-order valence-electron chi connectivity index (χ2n) is 4.80. The molecule has 1 heterocycles. The summed E-state index contributed by atoms with van der Waals surface area (Å²) in [7, 11) is -3.87. The summed E-state index contributed by atoms with van der Waals surface area (Å²) >= 11 is 3.93. The standard InChI is InChI=1S/C11H14BrNO5S2/c12-9-8(5-7(19-9)10(15)16)20(17,18)13-11(6-14)3-1-2-4-11/h5,13-14H,1-4,6H2,(H,15,16). The van der Waals surface area contributed by atoms with Gasteiger partial charge in [0.1, 0.15) is 9.77 Å². The number of carboxylic acid groups (broad SMARTS) is 1. The molecule has 9 heteroatoms. The number of hydrogen-bond acceptors (Lipinski definition) is 5. The third-order valence-corrected chi connectivity index (χ3v) is 7.19. The molecule has 0 atom stereocenters. The van der Waals surface area contributed by atoms with Gasteiger partial charge in [-0.1, -0.05) is 12.8 Å². The maximum absolute atomic E-state index is 12.4. The van der Waals surface area contributed by atoms with Gasteiger partial charge >= 0.3 is 5.97 Å². The molecule has 1 aliphatic carbocycles. The van der Waals surface area contributed by atoms with E-state index in [1.807, 2.05) is 0 Å². The largest absolute Gasteiger partial charge is 0.477 e. The van der Waals surface area contributed by atoms with Crippen LogP contribution in [0.4, 0.5) is 0 Å². The number of nitrogens with one attached hydrogen (secondary N) is 1. The maximum Gasteiger partial charge on any atom is 0.345 e. The van der Waals surface area contributed by atoms with Crippen LogP contribution in [0.15, 0.2) is 14.7 Å². The predicted molar refractivity (Wildman–Crippen MR) is 77.6 cm³/mol. The normalized spacial score (nSPS) is 18.3. The van der Waals surface area contributed by atoms with E-state index < -0.39 is 21.5 Å². The van der Waals surface area contributed by atoms with Crippen molar-refractivity contribution in [3.63, 3.8) is 0 Å². The summed E-state index contributed by atoms with van der Waals surface area (Å²) in [6, 6.07) is 1.12. The Balaban J connectivity index is 2.33. The molecule has 0 radical (unpaired) electrons. The van der Waals surface area contributed by atoms with Crippen LogP contribution >= 0.6 is 27.3 Å². The van der Waals surface area contributed by atoms with Crippen LogP contribution in [0.3, 0.4) is 0 Å². The Morgan fingerprint density at radius 2 is 2.05 bits per heavy atom. The minimum Gasteiger partial charge on any atom is -0.477 e. The van der Waals surface area contributed by atoms with Crippen LogP contribution in [-0.2, 0) is 10.0 Å². The summed E-state index contributed by atoms with van der Waals surface area (Å²) in [5.41, 5.74) is -0.830. The fourth-order valence-electron chi connectivity index (χ4n) is 2.32. The Kier molecular flexibility index (Phi) is 4.55. The quantitative estimate of drug-likeness (QED) is 0.718. The minimum atomic E-state index is -3.87. The lowest BCUT2D eigenvalue weighted by molar-refractivity contribution is 0.0702. The van der Waals surface area contributed by atoms with Crippen molar-refractivity contribution in [3.05, 3.63) is 14.7 Å². The molecule has 0 aliphatic heterocycles. The van der Waals surface area contributed by atoms with Gasteiger partial charge in [-0.25, -0.2) is 17.9 Å². The zero-order chi connectivity index (χ0) is 15.0. The second kappa shape index (κ2) is 5.72. The van der Waals surface area contributed by atoms with Crippen LogP contribution in [0.2, 0.25) is 0 Å². The van der Waals surface area contributed by atoms with Crippen molar-refractivity contribution in [1.29, 1.82) is 0 Å². The topological polar surface area (TPSA) is 104 Å². The lowest BCUT2D eigenvalue weighted by Crippen LogP contribution is -2.49. The molecule has 20 heavy (non-hydrogen) atoms. The Morgan fingerprint density at radius 3 is 2.50 bits per heavy atom. The second-order valence-corrected chi connectivity index (χ2v) is 8.83. The van der Waals surface area contributed by atoms with E-state index in [9.17, 15) is 18.3 Å². The first kappa shape index (κ1) is 15.9. The summed E-state index contributed by atoms with van der Waals surface area (Å²) in [5, 5.41) is 18.4. The molecule has 0 bridgehead atoms. The third kappa shape index (κ3) is 3.06. The van der Waals surface area contributed by atoms with Crippen LogP contribution in [0, 0.1) is 0 Å². The lowest BCUT2D eigenvalue weighted by Gasteiger charge is -2.27. The maximum atomic E-state index is 12.4. The van der Waals surface area contributed by atoms with Crippen molar-refractivity contribution in [2.24, 2.45) is 0 Å². The average molecular weight is 384 g/mol. The summed E-state index contributed by atoms with van der Waals surface area (Å²) in [6.45, 7) is -0.264. The molecule has 1 saturated carbocycles. The van der Waals surface area contributed by atoms with Gasteiger partial charge in [0.2, 0.25) is 10.0 Å². The molecule has 0 spiro atoms. The molecule has 0 amide bonds. The van der Waals surface area contributed by atoms with E-state index in [1.54, 1.807) is 0 Å². The van der Waals surface area contributed by atoms with Crippen molar-refractivity contribution in [1.82, 2.24) is 4.72 Å². The zero-order valence-electron chi connectivity index (χ0n) is 10.4. The van der Waals surface area contributed by atoms with E-state index in [4.69, 9.17) is 5.11 Å². The van der Waals surface area contributed by atoms with Gasteiger partial charge < -0.3 is 10.2 Å². The molecule has 1 aliphatic rings. The Morgan fingerprint density at radius 1 is 1.45 bits per heavy atom. The van der Waals surface area contributed by atoms with Crippen molar-refractivity contribution in [3.8, 4) is 0 Å². The molecule has 6 nitrogen and oxygen atoms in total. The Labute approximate surface area is 129 Å². The van der Waals surface area contributed by atoms with Gasteiger partial charge in [-0.15, -0.1) is 11.3 Å². The number of aliphatic hydroxyl groups excluding tert-OH is 1. The van der Waals surface area contributed by atoms with Crippen molar-refractivity contribution < 1.29 is 23.4 Å². The van der Waals surface area contributed by atoms with Gasteiger partial charge in [-0.3, -0.25) is 0 Å². The minimum absolute atomic E-state index is 0.0540. The van der Waals surface area contributed by atoms with E-state index in [0.717, 1.165) is 30.2 Å². The first-order valence-corrected chi connectivity index (χ1v) is 9.06. The highest BCUT2D eigenvalue weighted by molar-refractivity contribution is 9.11. The third-order valence-electron chi connectivity index (χ3n) is 3.37.